The first-order chi connectivity index (χ1) is 10.2. The Labute approximate surface area is 126 Å². The molecule has 0 atom stereocenters. The van der Waals surface area contributed by atoms with E-state index in [1.54, 1.807) is 0 Å². The van der Waals surface area contributed by atoms with Crippen LogP contribution in [0, 0.1) is 11.8 Å². The van der Waals surface area contributed by atoms with Gasteiger partial charge >= 0.3 is 0 Å². The molecule has 1 N–H and O–H groups in total. The lowest BCUT2D eigenvalue weighted by molar-refractivity contribution is 0.302. The van der Waals surface area contributed by atoms with E-state index in [0.717, 1.165) is 48.0 Å². The molecular formula is C18H24N2O. The SMILES string of the molecule is CC(C)CNCc1cc(OCC2CC2)c2ccccc2n1. The van der Waals surface area contributed by atoms with Crippen molar-refractivity contribution in [1.82, 2.24) is 10.3 Å². The van der Waals surface area contributed by atoms with E-state index in [-0.39, 0.29) is 0 Å². The number of hydrogen-bond acceptors (Lipinski definition) is 3. The summed E-state index contributed by atoms with van der Waals surface area (Å²) in [5, 5.41) is 4.57. The van der Waals surface area contributed by atoms with E-state index in [2.05, 4.69) is 37.4 Å². The highest BCUT2D eigenvalue weighted by molar-refractivity contribution is 5.85. The lowest BCUT2D eigenvalue weighted by atomic mass is 10.1. The third-order valence-electron chi connectivity index (χ3n) is 3.76. The third kappa shape index (κ3) is 3.94. The van der Waals surface area contributed by atoms with Gasteiger partial charge in [0, 0.05) is 18.0 Å². The zero-order valence-electron chi connectivity index (χ0n) is 12.9. The highest BCUT2D eigenvalue weighted by Gasteiger charge is 2.22. The van der Waals surface area contributed by atoms with Crippen LogP contribution in [0.5, 0.6) is 5.75 Å². The second kappa shape index (κ2) is 6.44. The van der Waals surface area contributed by atoms with Crippen molar-refractivity contribution in [2.45, 2.75) is 33.2 Å². The van der Waals surface area contributed by atoms with Gasteiger partial charge < -0.3 is 10.1 Å². The molecule has 2 aromatic rings. The van der Waals surface area contributed by atoms with Crippen molar-refractivity contribution in [2.24, 2.45) is 11.8 Å². The summed E-state index contributed by atoms with van der Waals surface area (Å²) < 4.78 is 6.04. The van der Waals surface area contributed by atoms with Crippen molar-refractivity contribution in [1.29, 1.82) is 0 Å². The number of benzene rings is 1. The van der Waals surface area contributed by atoms with Gasteiger partial charge in [-0.15, -0.1) is 0 Å². The van der Waals surface area contributed by atoms with Gasteiger partial charge in [-0.05, 0) is 43.4 Å². The van der Waals surface area contributed by atoms with E-state index in [1.807, 2.05) is 12.1 Å². The second-order valence-electron chi connectivity index (χ2n) is 6.41. The average Bonchev–Trinajstić information content (AvgIpc) is 3.28. The molecule has 3 nitrogen and oxygen atoms in total. The maximum absolute atomic E-state index is 6.04. The molecule has 1 saturated carbocycles. The maximum Gasteiger partial charge on any atom is 0.130 e. The van der Waals surface area contributed by atoms with Gasteiger partial charge in [-0.3, -0.25) is 4.98 Å². The second-order valence-corrected chi connectivity index (χ2v) is 6.41. The monoisotopic (exact) mass is 284 g/mol. The fourth-order valence-electron chi connectivity index (χ4n) is 2.39. The number of ether oxygens (including phenoxy) is 1. The van der Waals surface area contributed by atoms with E-state index in [1.165, 1.54) is 12.8 Å². The number of hydrogen-bond donors (Lipinski definition) is 1. The van der Waals surface area contributed by atoms with Crippen molar-refractivity contribution >= 4 is 10.9 Å². The lowest BCUT2D eigenvalue weighted by Crippen LogP contribution is -2.19. The van der Waals surface area contributed by atoms with Crippen LogP contribution in [-0.4, -0.2) is 18.1 Å². The normalized spacial score (nSPS) is 14.8. The number of nitrogens with one attached hydrogen (secondary N) is 1. The average molecular weight is 284 g/mol. The first-order valence-electron chi connectivity index (χ1n) is 7.94. The fraction of sp³-hybridized carbons (Fsp3) is 0.500. The molecule has 0 aliphatic heterocycles. The van der Waals surface area contributed by atoms with Crippen molar-refractivity contribution < 1.29 is 4.74 Å². The molecule has 112 valence electrons. The minimum atomic E-state index is 0.649. The van der Waals surface area contributed by atoms with Crippen molar-refractivity contribution in [3.05, 3.63) is 36.0 Å². The Hall–Kier alpha value is -1.61. The molecule has 1 aliphatic rings. The quantitative estimate of drug-likeness (QED) is 0.840. The Morgan fingerprint density at radius 2 is 2.10 bits per heavy atom. The zero-order valence-corrected chi connectivity index (χ0v) is 12.9. The largest absolute Gasteiger partial charge is 0.493 e. The van der Waals surface area contributed by atoms with Crippen molar-refractivity contribution in [2.75, 3.05) is 13.2 Å². The maximum atomic E-state index is 6.04. The molecular weight excluding hydrogens is 260 g/mol. The van der Waals surface area contributed by atoms with Gasteiger partial charge in [0.1, 0.15) is 5.75 Å². The van der Waals surface area contributed by atoms with Crippen LogP contribution in [0.1, 0.15) is 32.4 Å². The Morgan fingerprint density at radius 1 is 1.29 bits per heavy atom. The Bertz CT molecular complexity index is 605. The number of aromatic nitrogens is 1. The fourth-order valence-corrected chi connectivity index (χ4v) is 2.39. The van der Waals surface area contributed by atoms with Crippen LogP contribution in [0.4, 0.5) is 0 Å². The van der Waals surface area contributed by atoms with Gasteiger partial charge in [-0.1, -0.05) is 26.0 Å². The minimum Gasteiger partial charge on any atom is -0.493 e. The lowest BCUT2D eigenvalue weighted by Gasteiger charge is -2.12. The third-order valence-corrected chi connectivity index (χ3v) is 3.76. The van der Waals surface area contributed by atoms with Crippen LogP contribution in [0.2, 0.25) is 0 Å². The Balaban J connectivity index is 1.79. The Morgan fingerprint density at radius 3 is 2.86 bits per heavy atom. The van der Waals surface area contributed by atoms with Crippen LogP contribution in [0.3, 0.4) is 0 Å². The van der Waals surface area contributed by atoms with Crippen LogP contribution in [0.25, 0.3) is 10.9 Å². The zero-order chi connectivity index (χ0) is 14.7. The molecule has 1 aromatic carbocycles. The molecule has 3 heteroatoms. The summed E-state index contributed by atoms with van der Waals surface area (Å²) in [6.45, 7) is 7.07. The first-order valence-corrected chi connectivity index (χ1v) is 7.94. The molecule has 0 radical (unpaired) electrons. The van der Waals surface area contributed by atoms with Gasteiger partial charge in [-0.2, -0.15) is 0 Å². The molecule has 0 spiro atoms. The van der Waals surface area contributed by atoms with Gasteiger partial charge in [0.05, 0.1) is 17.8 Å². The number of rotatable bonds is 7. The van der Waals surface area contributed by atoms with Gasteiger partial charge in [0.25, 0.3) is 0 Å². The van der Waals surface area contributed by atoms with E-state index in [4.69, 9.17) is 9.72 Å². The highest BCUT2D eigenvalue weighted by atomic mass is 16.5. The topological polar surface area (TPSA) is 34.1 Å². The Kier molecular flexibility index (Phi) is 4.39. The molecule has 0 bridgehead atoms. The summed E-state index contributed by atoms with van der Waals surface area (Å²) in [4.78, 5) is 4.73. The van der Waals surface area contributed by atoms with Crippen LogP contribution in [-0.2, 0) is 6.54 Å². The van der Waals surface area contributed by atoms with E-state index < -0.39 is 0 Å². The molecule has 1 aliphatic carbocycles. The molecule has 1 aromatic heterocycles. The number of pyridine rings is 1. The van der Waals surface area contributed by atoms with Crippen LogP contribution in [0.15, 0.2) is 30.3 Å². The summed E-state index contributed by atoms with van der Waals surface area (Å²) in [6.07, 6.45) is 2.62. The van der Waals surface area contributed by atoms with E-state index in [9.17, 15) is 0 Å². The number of fused-ring (bicyclic) bond motifs is 1. The molecule has 0 saturated heterocycles. The smallest absolute Gasteiger partial charge is 0.130 e. The van der Waals surface area contributed by atoms with E-state index in [0.29, 0.717) is 5.92 Å². The summed E-state index contributed by atoms with van der Waals surface area (Å²) >= 11 is 0. The molecule has 0 amide bonds. The van der Waals surface area contributed by atoms with Crippen LogP contribution >= 0.6 is 0 Å². The molecule has 0 unspecified atom stereocenters. The number of para-hydroxylation sites is 1. The first kappa shape index (κ1) is 14.3. The van der Waals surface area contributed by atoms with Crippen molar-refractivity contribution in [3.8, 4) is 5.75 Å². The molecule has 1 fully saturated rings. The predicted octanol–water partition coefficient (Wildman–Crippen LogP) is 3.77. The molecule has 21 heavy (non-hydrogen) atoms. The number of nitrogens with zero attached hydrogens (tertiary/aromatic N) is 1. The minimum absolute atomic E-state index is 0.649. The standard InChI is InChI=1S/C18H24N2O/c1-13(2)10-19-11-15-9-18(21-12-14-7-8-14)16-5-3-4-6-17(16)20-15/h3-6,9,13-14,19H,7-8,10-12H2,1-2H3. The highest BCUT2D eigenvalue weighted by Crippen LogP contribution is 2.31. The van der Waals surface area contributed by atoms with Gasteiger partial charge in [0.2, 0.25) is 0 Å². The molecule has 1 heterocycles. The summed E-state index contributed by atoms with van der Waals surface area (Å²) in [7, 11) is 0. The summed E-state index contributed by atoms with van der Waals surface area (Å²) in [5.41, 5.74) is 2.08. The van der Waals surface area contributed by atoms with E-state index >= 15 is 0 Å². The summed E-state index contributed by atoms with van der Waals surface area (Å²) in [5.74, 6) is 2.39. The van der Waals surface area contributed by atoms with Crippen molar-refractivity contribution in [3.63, 3.8) is 0 Å². The van der Waals surface area contributed by atoms with Gasteiger partial charge in [0.15, 0.2) is 0 Å². The summed E-state index contributed by atoms with van der Waals surface area (Å²) in [6, 6.07) is 10.3. The van der Waals surface area contributed by atoms with Gasteiger partial charge in [-0.25, -0.2) is 0 Å². The molecule has 3 rings (SSSR count). The predicted molar refractivity (Wildman–Crippen MR) is 86.5 cm³/mol. The van der Waals surface area contributed by atoms with Crippen LogP contribution < -0.4 is 10.1 Å².